The summed E-state index contributed by atoms with van der Waals surface area (Å²) in [6.07, 6.45) is 1.49. The molecule has 0 bridgehead atoms. The Morgan fingerprint density at radius 2 is 1.87 bits per heavy atom. The highest BCUT2D eigenvalue weighted by Crippen LogP contribution is 2.23. The van der Waals surface area contributed by atoms with Crippen molar-refractivity contribution in [1.82, 2.24) is 19.8 Å². The molecular formula is C24H23FN4O2. The summed E-state index contributed by atoms with van der Waals surface area (Å²) < 4.78 is 14.8. The number of nitrogens with one attached hydrogen (secondary N) is 1. The second kappa shape index (κ2) is 8.28. The third kappa shape index (κ3) is 4.04. The molecule has 7 heteroatoms. The van der Waals surface area contributed by atoms with E-state index in [9.17, 15) is 14.0 Å². The number of aromatic nitrogens is 2. The number of nitrogens with zero attached hydrogens (tertiary/aromatic N) is 3. The zero-order valence-electron chi connectivity index (χ0n) is 17.6. The lowest BCUT2D eigenvalue weighted by Gasteiger charge is -2.14. The van der Waals surface area contributed by atoms with Crippen LogP contribution in [0.2, 0.25) is 0 Å². The van der Waals surface area contributed by atoms with E-state index < -0.39 is 5.82 Å². The smallest absolute Gasteiger partial charge is 0.264 e. The van der Waals surface area contributed by atoms with Gasteiger partial charge in [0.15, 0.2) is 0 Å². The van der Waals surface area contributed by atoms with Crippen LogP contribution in [-0.2, 0) is 0 Å². The molecule has 4 aromatic rings. The van der Waals surface area contributed by atoms with E-state index in [1.54, 1.807) is 6.07 Å². The molecule has 2 aromatic heterocycles. The van der Waals surface area contributed by atoms with E-state index in [1.807, 2.05) is 44.1 Å². The van der Waals surface area contributed by atoms with Gasteiger partial charge >= 0.3 is 0 Å². The van der Waals surface area contributed by atoms with Crippen LogP contribution in [0.25, 0.3) is 27.5 Å². The number of carbonyl (C=O) groups is 1. The SMILES string of the molecule is Cc1cccc2cc3c(=O)n(-c4ccc(F)cc4)cc(C(=O)NCCN(C)C)c3nc12. The maximum atomic E-state index is 13.4. The largest absolute Gasteiger partial charge is 0.351 e. The van der Waals surface area contributed by atoms with Gasteiger partial charge in [-0.3, -0.25) is 14.2 Å². The van der Waals surface area contributed by atoms with Gasteiger partial charge in [-0.1, -0.05) is 18.2 Å². The van der Waals surface area contributed by atoms with Gasteiger partial charge in [-0.25, -0.2) is 9.37 Å². The number of hydrogen-bond donors (Lipinski definition) is 1. The number of carbonyl (C=O) groups excluding carboxylic acids is 1. The number of halogens is 1. The lowest BCUT2D eigenvalue weighted by Crippen LogP contribution is -2.32. The van der Waals surface area contributed by atoms with Gasteiger partial charge in [0.05, 0.1) is 22.0 Å². The van der Waals surface area contributed by atoms with Gasteiger partial charge in [0, 0.05) is 30.4 Å². The quantitative estimate of drug-likeness (QED) is 0.505. The van der Waals surface area contributed by atoms with Gasteiger partial charge < -0.3 is 10.2 Å². The Balaban J connectivity index is 1.96. The normalized spacial score (nSPS) is 11.4. The highest BCUT2D eigenvalue weighted by Gasteiger charge is 2.18. The average Bonchev–Trinajstić information content (AvgIpc) is 2.74. The molecule has 0 unspecified atom stereocenters. The first kappa shape index (κ1) is 20.7. The van der Waals surface area contributed by atoms with Crippen LogP contribution in [0.15, 0.2) is 59.5 Å². The Bertz CT molecular complexity index is 1340. The number of benzene rings is 2. The second-order valence-electron chi connectivity index (χ2n) is 7.78. The van der Waals surface area contributed by atoms with Crippen molar-refractivity contribution in [1.29, 1.82) is 0 Å². The van der Waals surface area contributed by atoms with Gasteiger partial charge in [-0.05, 0) is 56.9 Å². The molecule has 0 aliphatic carbocycles. The number of pyridine rings is 2. The van der Waals surface area contributed by atoms with Gasteiger partial charge in [-0.2, -0.15) is 0 Å². The first-order valence-corrected chi connectivity index (χ1v) is 10.00. The van der Waals surface area contributed by atoms with E-state index in [2.05, 4.69) is 5.32 Å². The molecule has 0 saturated heterocycles. The van der Waals surface area contributed by atoms with E-state index in [-0.39, 0.29) is 11.5 Å². The van der Waals surface area contributed by atoms with Gasteiger partial charge in [0.1, 0.15) is 5.82 Å². The summed E-state index contributed by atoms with van der Waals surface area (Å²) in [7, 11) is 3.85. The molecule has 2 heterocycles. The molecule has 2 aromatic carbocycles. The van der Waals surface area contributed by atoms with Crippen LogP contribution < -0.4 is 10.9 Å². The van der Waals surface area contributed by atoms with Crippen LogP contribution in [0, 0.1) is 12.7 Å². The summed E-state index contributed by atoms with van der Waals surface area (Å²) in [5.41, 5.74) is 2.51. The number of amides is 1. The number of fused-ring (bicyclic) bond motifs is 2. The average molecular weight is 418 g/mol. The van der Waals surface area contributed by atoms with Crippen molar-refractivity contribution in [2.24, 2.45) is 0 Å². The molecule has 158 valence electrons. The summed E-state index contributed by atoms with van der Waals surface area (Å²) in [6.45, 7) is 3.07. The maximum Gasteiger partial charge on any atom is 0.264 e. The second-order valence-corrected chi connectivity index (χ2v) is 7.78. The molecule has 31 heavy (non-hydrogen) atoms. The molecule has 1 N–H and O–H groups in total. The van der Waals surface area contributed by atoms with Crippen molar-refractivity contribution >= 4 is 27.7 Å². The number of para-hydroxylation sites is 1. The van der Waals surface area contributed by atoms with Crippen LogP contribution in [-0.4, -0.2) is 47.5 Å². The van der Waals surface area contributed by atoms with Crippen molar-refractivity contribution in [2.45, 2.75) is 6.92 Å². The summed E-state index contributed by atoms with van der Waals surface area (Å²) in [5.74, 6) is -0.717. The first-order valence-electron chi connectivity index (χ1n) is 10.00. The molecular weight excluding hydrogens is 395 g/mol. The van der Waals surface area contributed by atoms with Crippen LogP contribution in [0.3, 0.4) is 0 Å². The summed E-state index contributed by atoms with van der Waals surface area (Å²) in [5, 5.41) is 4.05. The molecule has 1 amide bonds. The first-order chi connectivity index (χ1) is 14.8. The highest BCUT2D eigenvalue weighted by molar-refractivity contribution is 6.07. The molecule has 0 radical (unpaired) electrons. The van der Waals surface area contributed by atoms with Gasteiger partial charge in [0.2, 0.25) is 0 Å². The zero-order chi connectivity index (χ0) is 22.1. The molecule has 4 rings (SSSR count). The van der Waals surface area contributed by atoms with Crippen molar-refractivity contribution in [3.8, 4) is 5.69 Å². The van der Waals surface area contributed by atoms with Crippen LogP contribution in [0.4, 0.5) is 4.39 Å². The Hall–Kier alpha value is -3.58. The third-order valence-corrected chi connectivity index (χ3v) is 5.20. The zero-order valence-corrected chi connectivity index (χ0v) is 17.6. The predicted octanol–water partition coefficient (Wildman–Crippen LogP) is 3.28. The topological polar surface area (TPSA) is 67.2 Å². The van der Waals surface area contributed by atoms with Crippen LogP contribution in [0.1, 0.15) is 15.9 Å². The van der Waals surface area contributed by atoms with Crippen molar-refractivity contribution in [3.05, 3.63) is 82.0 Å². The number of aryl methyl sites for hydroxylation is 1. The van der Waals surface area contributed by atoms with Crippen LogP contribution >= 0.6 is 0 Å². The number of rotatable bonds is 5. The molecule has 0 aliphatic rings. The minimum Gasteiger partial charge on any atom is -0.351 e. The molecule has 0 spiro atoms. The summed E-state index contributed by atoms with van der Waals surface area (Å²) in [4.78, 5) is 33.0. The number of likely N-dealkylation sites (N-methyl/N-ethyl adjacent to an activating group) is 1. The lowest BCUT2D eigenvalue weighted by atomic mass is 10.1. The van der Waals surface area contributed by atoms with Crippen LogP contribution in [0.5, 0.6) is 0 Å². The summed E-state index contributed by atoms with van der Waals surface area (Å²) in [6, 6.07) is 13.1. The Labute approximate surface area is 178 Å². The van der Waals surface area contributed by atoms with E-state index in [1.165, 1.54) is 35.0 Å². The predicted molar refractivity (Wildman–Crippen MR) is 120 cm³/mol. The maximum absolute atomic E-state index is 13.4. The van der Waals surface area contributed by atoms with E-state index in [0.29, 0.717) is 35.2 Å². The standard InChI is InChI=1S/C24H23FN4O2/c1-15-5-4-6-16-13-19-22(27-21(15)16)20(23(30)26-11-12-28(2)3)14-29(24(19)31)18-9-7-17(25)8-10-18/h4-10,13-14H,11-12H2,1-3H3,(H,26,30). The molecule has 0 fully saturated rings. The highest BCUT2D eigenvalue weighted by atomic mass is 19.1. The fourth-order valence-electron chi connectivity index (χ4n) is 3.54. The summed E-state index contributed by atoms with van der Waals surface area (Å²) >= 11 is 0. The fraction of sp³-hybridized carbons (Fsp3) is 0.208. The Morgan fingerprint density at radius 1 is 1.13 bits per heavy atom. The molecule has 6 nitrogen and oxygen atoms in total. The van der Waals surface area contributed by atoms with Crippen molar-refractivity contribution < 1.29 is 9.18 Å². The van der Waals surface area contributed by atoms with E-state index in [0.717, 1.165) is 16.5 Å². The van der Waals surface area contributed by atoms with Crippen molar-refractivity contribution in [3.63, 3.8) is 0 Å². The third-order valence-electron chi connectivity index (χ3n) is 5.20. The Morgan fingerprint density at radius 3 is 2.58 bits per heavy atom. The minimum absolute atomic E-state index is 0.294. The molecule has 0 aliphatic heterocycles. The van der Waals surface area contributed by atoms with Crippen molar-refractivity contribution in [2.75, 3.05) is 27.2 Å². The van der Waals surface area contributed by atoms with E-state index in [4.69, 9.17) is 4.98 Å². The minimum atomic E-state index is -0.401. The fourth-order valence-corrected chi connectivity index (χ4v) is 3.54. The van der Waals surface area contributed by atoms with Gasteiger partial charge in [0.25, 0.3) is 11.5 Å². The molecule has 0 saturated carbocycles. The lowest BCUT2D eigenvalue weighted by molar-refractivity contribution is 0.0952. The Kier molecular flexibility index (Phi) is 5.52. The van der Waals surface area contributed by atoms with Gasteiger partial charge in [-0.15, -0.1) is 0 Å². The monoisotopic (exact) mass is 418 g/mol. The molecule has 0 atom stereocenters. The van der Waals surface area contributed by atoms with E-state index >= 15 is 0 Å². The number of hydrogen-bond acceptors (Lipinski definition) is 4.